The van der Waals surface area contributed by atoms with Crippen LogP contribution in [0.1, 0.15) is 11.3 Å². The van der Waals surface area contributed by atoms with E-state index in [2.05, 4.69) is 5.10 Å². The largest absolute Gasteiger partial charge is 0.478 e. The Bertz CT molecular complexity index is 643. The molecule has 0 fully saturated rings. The first-order valence-electron chi connectivity index (χ1n) is 5.40. The van der Waals surface area contributed by atoms with Gasteiger partial charge in [-0.25, -0.2) is 9.48 Å². The SMILES string of the molecule is Cc1nn(-c2ccc(/C=C/C(=O)O)cc2Cl)cc1Cl. The third kappa shape index (κ3) is 3.16. The molecule has 0 saturated heterocycles. The van der Waals surface area contributed by atoms with Crippen molar-refractivity contribution in [1.82, 2.24) is 9.78 Å². The molecule has 19 heavy (non-hydrogen) atoms. The van der Waals surface area contributed by atoms with Gasteiger partial charge in [0.15, 0.2) is 0 Å². The number of nitrogens with zero attached hydrogens (tertiary/aromatic N) is 2. The van der Waals surface area contributed by atoms with E-state index in [0.717, 1.165) is 6.08 Å². The van der Waals surface area contributed by atoms with Crippen LogP contribution in [0.15, 0.2) is 30.5 Å². The topological polar surface area (TPSA) is 55.1 Å². The number of benzene rings is 1. The Morgan fingerprint density at radius 3 is 2.63 bits per heavy atom. The van der Waals surface area contributed by atoms with Crippen LogP contribution in [0.25, 0.3) is 11.8 Å². The van der Waals surface area contributed by atoms with E-state index in [9.17, 15) is 4.79 Å². The summed E-state index contributed by atoms with van der Waals surface area (Å²) in [6.07, 6.45) is 4.20. The molecule has 0 saturated carbocycles. The third-order valence-electron chi connectivity index (χ3n) is 2.48. The van der Waals surface area contributed by atoms with Crippen LogP contribution >= 0.6 is 23.2 Å². The summed E-state index contributed by atoms with van der Waals surface area (Å²) in [4.78, 5) is 10.4. The van der Waals surface area contributed by atoms with Crippen molar-refractivity contribution in [3.8, 4) is 5.69 Å². The van der Waals surface area contributed by atoms with E-state index in [1.165, 1.54) is 6.08 Å². The van der Waals surface area contributed by atoms with E-state index in [-0.39, 0.29) is 0 Å². The van der Waals surface area contributed by atoms with Gasteiger partial charge in [0, 0.05) is 12.3 Å². The van der Waals surface area contributed by atoms with Gasteiger partial charge in [-0.3, -0.25) is 0 Å². The fourth-order valence-corrected chi connectivity index (χ4v) is 1.95. The first kappa shape index (κ1) is 13.6. The molecule has 0 aliphatic carbocycles. The van der Waals surface area contributed by atoms with E-state index < -0.39 is 5.97 Å². The first-order chi connectivity index (χ1) is 8.97. The average molecular weight is 297 g/mol. The van der Waals surface area contributed by atoms with Crippen molar-refractivity contribution in [3.05, 3.63) is 51.8 Å². The van der Waals surface area contributed by atoms with Crippen molar-refractivity contribution >= 4 is 35.2 Å². The molecule has 0 aliphatic rings. The summed E-state index contributed by atoms with van der Waals surface area (Å²) < 4.78 is 1.59. The Labute approximate surface area is 119 Å². The molecule has 0 aliphatic heterocycles. The van der Waals surface area contributed by atoms with Crippen molar-refractivity contribution in [3.63, 3.8) is 0 Å². The molecule has 0 atom stereocenters. The van der Waals surface area contributed by atoms with Crippen LogP contribution in [0.3, 0.4) is 0 Å². The molecule has 98 valence electrons. The lowest BCUT2D eigenvalue weighted by atomic mass is 10.2. The molecule has 4 nitrogen and oxygen atoms in total. The predicted molar refractivity (Wildman–Crippen MR) is 75.0 cm³/mol. The smallest absolute Gasteiger partial charge is 0.328 e. The molecule has 6 heteroatoms. The Morgan fingerprint density at radius 1 is 1.37 bits per heavy atom. The fraction of sp³-hybridized carbons (Fsp3) is 0.0769. The zero-order chi connectivity index (χ0) is 14.0. The lowest BCUT2D eigenvalue weighted by Crippen LogP contribution is -1.96. The molecule has 2 aromatic rings. The molecule has 0 unspecified atom stereocenters. The average Bonchev–Trinajstić information content (AvgIpc) is 2.67. The maximum absolute atomic E-state index is 10.4. The quantitative estimate of drug-likeness (QED) is 0.881. The van der Waals surface area contributed by atoms with Crippen LogP contribution in [-0.4, -0.2) is 20.9 Å². The summed E-state index contributed by atoms with van der Waals surface area (Å²) in [6, 6.07) is 5.18. The highest BCUT2D eigenvalue weighted by Crippen LogP contribution is 2.24. The molecule has 0 radical (unpaired) electrons. The van der Waals surface area contributed by atoms with Crippen LogP contribution in [-0.2, 0) is 4.79 Å². The highest BCUT2D eigenvalue weighted by molar-refractivity contribution is 6.32. The zero-order valence-corrected chi connectivity index (χ0v) is 11.5. The molecule has 1 N–H and O–H groups in total. The fourth-order valence-electron chi connectivity index (χ4n) is 1.54. The van der Waals surface area contributed by atoms with Gasteiger partial charge in [0.1, 0.15) is 0 Å². The highest BCUT2D eigenvalue weighted by Gasteiger charge is 2.07. The standard InChI is InChI=1S/C13H10Cl2N2O2/c1-8-11(15)7-17(16-8)12-4-2-9(6-10(12)14)3-5-13(18)19/h2-7H,1H3,(H,18,19)/b5-3+. The molecule has 0 spiro atoms. The molecular formula is C13H10Cl2N2O2. The van der Waals surface area contributed by atoms with E-state index in [0.29, 0.717) is 27.0 Å². The predicted octanol–water partition coefficient (Wildman–Crippen LogP) is 3.59. The monoisotopic (exact) mass is 296 g/mol. The summed E-state index contributed by atoms with van der Waals surface area (Å²) in [5.74, 6) is -1.00. The Hall–Kier alpha value is -1.78. The van der Waals surface area contributed by atoms with Gasteiger partial charge < -0.3 is 5.11 Å². The number of hydrogen-bond donors (Lipinski definition) is 1. The van der Waals surface area contributed by atoms with Crippen molar-refractivity contribution in [1.29, 1.82) is 0 Å². The van der Waals surface area contributed by atoms with Gasteiger partial charge >= 0.3 is 5.97 Å². The van der Waals surface area contributed by atoms with Crippen LogP contribution in [0, 0.1) is 6.92 Å². The van der Waals surface area contributed by atoms with Gasteiger partial charge in [-0.05, 0) is 30.7 Å². The van der Waals surface area contributed by atoms with Crippen LogP contribution in [0.2, 0.25) is 10.0 Å². The van der Waals surface area contributed by atoms with Crippen LogP contribution in [0.5, 0.6) is 0 Å². The van der Waals surface area contributed by atoms with Crippen LogP contribution in [0.4, 0.5) is 0 Å². The minimum atomic E-state index is -1.00. The second-order valence-corrected chi connectivity index (χ2v) is 4.70. The molecular weight excluding hydrogens is 287 g/mol. The Kier molecular flexibility index (Phi) is 3.93. The summed E-state index contributed by atoms with van der Waals surface area (Å²) in [7, 11) is 0. The first-order valence-corrected chi connectivity index (χ1v) is 6.15. The molecule has 0 amide bonds. The van der Waals surface area contributed by atoms with E-state index >= 15 is 0 Å². The van der Waals surface area contributed by atoms with E-state index in [4.69, 9.17) is 28.3 Å². The Morgan fingerprint density at radius 2 is 2.11 bits per heavy atom. The number of rotatable bonds is 3. The molecule has 1 heterocycles. The van der Waals surface area contributed by atoms with Gasteiger partial charge in [-0.2, -0.15) is 5.10 Å². The maximum atomic E-state index is 10.4. The van der Waals surface area contributed by atoms with E-state index in [1.807, 2.05) is 0 Å². The summed E-state index contributed by atoms with van der Waals surface area (Å²) in [6.45, 7) is 1.80. The van der Waals surface area contributed by atoms with Crippen molar-refractivity contribution in [2.24, 2.45) is 0 Å². The summed E-state index contributed by atoms with van der Waals surface area (Å²) in [5.41, 5.74) is 2.10. The normalized spacial score (nSPS) is 11.1. The summed E-state index contributed by atoms with van der Waals surface area (Å²) in [5, 5.41) is 13.8. The molecule has 1 aromatic heterocycles. The lowest BCUT2D eigenvalue weighted by Gasteiger charge is -2.05. The van der Waals surface area contributed by atoms with Crippen molar-refractivity contribution < 1.29 is 9.90 Å². The second kappa shape index (κ2) is 5.47. The number of aryl methyl sites for hydroxylation is 1. The lowest BCUT2D eigenvalue weighted by molar-refractivity contribution is -0.131. The number of aromatic nitrogens is 2. The minimum Gasteiger partial charge on any atom is -0.478 e. The zero-order valence-electron chi connectivity index (χ0n) is 9.97. The summed E-state index contributed by atoms with van der Waals surface area (Å²) >= 11 is 12.1. The number of halogens is 2. The van der Waals surface area contributed by atoms with Gasteiger partial charge in [-0.1, -0.05) is 29.3 Å². The maximum Gasteiger partial charge on any atom is 0.328 e. The van der Waals surface area contributed by atoms with Crippen molar-refractivity contribution in [2.45, 2.75) is 6.92 Å². The van der Waals surface area contributed by atoms with Gasteiger partial charge in [0.05, 0.1) is 21.4 Å². The Balaban J connectivity index is 2.36. The highest BCUT2D eigenvalue weighted by atomic mass is 35.5. The number of carboxylic acid groups (broad SMARTS) is 1. The number of carboxylic acids is 1. The number of carbonyl (C=O) groups is 1. The van der Waals surface area contributed by atoms with Gasteiger partial charge in [0.25, 0.3) is 0 Å². The number of hydrogen-bond acceptors (Lipinski definition) is 2. The number of aliphatic carboxylic acids is 1. The second-order valence-electron chi connectivity index (χ2n) is 3.89. The minimum absolute atomic E-state index is 0.465. The molecule has 2 rings (SSSR count). The third-order valence-corrected chi connectivity index (χ3v) is 3.15. The molecule has 0 bridgehead atoms. The van der Waals surface area contributed by atoms with Crippen molar-refractivity contribution in [2.75, 3.05) is 0 Å². The van der Waals surface area contributed by atoms with Gasteiger partial charge in [0.2, 0.25) is 0 Å². The van der Waals surface area contributed by atoms with E-state index in [1.54, 1.807) is 36.0 Å². The van der Waals surface area contributed by atoms with Crippen LogP contribution < -0.4 is 0 Å². The molecule has 1 aromatic carbocycles. The van der Waals surface area contributed by atoms with Gasteiger partial charge in [-0.15, -0.1) is 0 Å².